The average molecular weight is 394 g/mol. The van der Waals surface area contributed by atoms with Crippen molar-refractivity contribution in [1.29, 1.82) is 0 Å². The van der Waals surface area contributed by atoms with E-state index in [1.54, 1.807) is 0 Å². The summed E-state index contributed by atoms with van der Waals surface area (Å²) < 4.78 is 44.3. The normalized spacial score (nSPS) is 17.6. The molecule has 134 valence electrons. The van der Waals surface area contributed by atoms with Crippen molar-refractivity contribution >= 4 is 30.3 Å². The second-order valence-electron chi connectivity index (χ2n) is 5.01. The van der Waals surface area contributed by atoms with Gasteiger partial charge in [0.05, 0.1) is 9.73 Å². The van der Waals surface area contributed by atoms with Crippen LogP contribution in [-0.4, -0.2) is 37.8 Å². The lowest BCUT2D eigenvalue weighted by Crippen LogP contribution is -2.20. The fourth-order valence-electron chi connectivity index (χ4n) is 2.40. The molecular formula is C13H10N6O5S2. The van der Waals surface area contributed by atoms with Crippen molar-refractivity contribution in [2.24, 2.45) is 10.2 Å². The van der Waals surface area contributed by atoms with E-state index in [2.05, 4.69) is 20.1 Å². The SMILES string of the molecule is [N-]=[N+]=NC1=C(C(O)C2=C(N=[N+]=[N-])CC(=S(=O)=O)C=C2)C=CC(=S(=O)=O)C1. The Labute approximate surface area is 149 Å². The van der Waals surface area contributed by atoms with Gasteiger partial charge < -0.3 is 5.11 Å². The molecule has 0 aromatic heterocycles. The van der Waals surface area contributed by atoms with Gasteiger partial charge in [0.15, 0.2) is 0 Å². The maximum absolute atomic E-state index is 11.1. The van der Waals surface area contributed by atoms with E-state index in [1.807, 2.05) is 0 Å². The topological polar surface area (TPSA) is 186 Å². The van der Waals surface area contributed by atoms with Gasteiger partial charge in [0.25, 0.3) is 0 Å². The zero-order valence-corrected chi connectivity index (χ0v) is 14.5. The molecule has 2 rings (SSSR count). The van der Waals surface area contributed by atoms with Crippen molar-refractivity contribution in [3.05, 3.63) is 67.7 Å². The zero-order chi connectivity index (χ0) is 19.3. The van der Waals surface area contributed by atoms with Crippen molar-refractivity contribution < 1.29 is 21.9 Å². The number of nitrogens with zero attached hydrogens (tertiary/aromatic N) is 6. The largest absolute Gasteiger partial charge is 0.384 e. The van der Waals surface area contributed by atoms with Crippen molar-refractivity contribution in [1.82, 2.24) is 0 Å². The number of aliphatic hydroxyl groups is 1. The predicted octanol–water partition coefficient (Wildman–Crippen LogP) is 1.50. The van der Waals surface area contributed by atoms with Crippen molar-refractivity contribution in [2.45, 2.75) is 18.9 Å². The van der Waals surface area contributed by atoms with Gasteiger partial charge in [0, 0.05) is 34.1 Å². The van der Waals surface area contributed by atoms with Gasteiger partial charge >= 0.3 is 0 Å². The number of hydrogen-bond acceptors (Lipinski definition) is 7. The first kappa shape index (κ1) is 19.2. The summed E-state index contributed by atoms with van der Waals surface area (Å²) in [7, 11) is -5.03. The molecule has 0 saturated heterocycles. The molecule has 0 bridgehead atoms. The molecule has 0 saturated carbocycles. The number of azide groups is 2. The van der Waals surface area contributed by atoms with E-state index in [1.165, 1.54) is 24.3 Å². The molecule has 0 aromatic rings. The molecule has 26 heavy (non-hydrogen) atoms. The molecular weight excluding hydrogens is 384 g/mol. The Hall–Kier alpha value is -3.08. The summed E-state index contributed by atoms with van der Waals surface area (Å²) in [6.07, 6.45) is 3.24. The summed E-state index contributed by atoms with van der Waals surface area (Å²) in [5.74, 6) is 0. The van der Waals surface area contributed by atoms with Crippen LogP contribution in [0.15, 0.2) is 57.1 Å². The molecule has 0 unspecified atom stereocenters. The minimum atomic E-state index is -2.51. The third kappa shape index (κ3) is 4.11. The van der Waals surface area contributed by atoms with Crippen LogP contribution in [0.4, 0.5) is 0 Å². The number of aliphatic hydroxyl groups excluding tert-OH is 1. The third-order valence-corrected chi connectivity index (χ3v) is 5.01. The van der Waals surface area contributed by atoms with Gasteiger partial charge in [-0.05, 0) is 34.4 Å². The Kier molecular flexibility index (Phi) is 6.17. The lowest BCUT2D eigenvalue weighted by Gasteiger charge is -2.22. The quantitative estimate of drug-likeness (QED) is 0.327. The van der Waals surface area contributed by atoms with E-state index in [0.29, 0.717) is 0 Å². The standard InChI is InChI=1S/C13H10N6O5S2/c14-18-16-11-5-7(25(21)22)1-3-9(11)13(20)10-4-2-8(26(23)24)6-12(10)17-19-15/h1-4,13,20H,5-6H2. The summed E-state index contributed by atoms with van der Waals surface area (Å²) in [5, 5.41) is 17.5. The van der Waals surface area contributed by atoms with Crippen LogP contribution >= 0.6 is 0 Å². The van der Waals surface area contributed by atoms with Crippen LogP contribution in [0.3, 0.4) is 0 Å². The molecule has 0 spiro atoms. The molecule has 0 fully saturated rings. The molecule has 0 aliphatic heterocycles. The molecule has 2 aliphatic rings. The summed E-state index contributed by atoms with van der Waals surface area (Å²) in [6, 6.07) is 0. The van der Waals surface area contributed by atoms with Crippen LogP contribution in [-0.2, 0) is 20.6 Å². The lowest BCUT2D eigenvalue weighted by atomic mass is 9.90. The van der Waals surface area contributed by atoms with Gasteiger partial charge in [0.1, 0.15) is 6.10 Å². The van der Waals surface area contributed by atoms with E-state index >= 15 is 0 Å². The monoisotopic (exact) mass is 394 g/mol. The van der Waals surface area contributed by atoms with Crippen molar-refractivity contribution in [3.8, 4) is 0 Å². The van der Waals surface area contributed by atoms with Crippen molar-refractivity contribution in [2.75, 3.05) is 0 Å². The second-order valence-corrected chi connectivity index (χ2v) is 7.00. The molecule has 0 heterocycles. The van der Waals surface area contributed by atoms with Gasteiger partial charge in [-0.3, -0.25) is 0 Å². The number of hydrogen-bond donors (Lipinski definition) is 1. The predicted molar refractivity (Wildman–Crippen MR) is 93.7 cm³/mol. The van der Waals surface area contributed by atoms with Crippen LogP contribution in [0.1, 0.15) is 12.8 Å². The minimum absolute atomic E-state index is 0.00920. The first-order valence-corrected chi connectivity index (χ1v) is 9.04. The summed E-state index contributed by atoms with van der Waals surface area (Å²) in [6.45, 7) is 0. The molecule has 0 atom stereocenters. The molecule has 13 heteroatoms. The first-order chi connectivity index (χ1) is 12.4. The molecule has 0 amide bonds. The Morgan fingerprint density at radius 1 is 0.846 bits per heavy atom. The van der Waals surface area contributed by atoms with E-state index in [0.717, 1.165) is 0 Å². The smallest absolute Gasteiger partial charge is 0.217 e. The summed E-state index contributed by atoms with van der Waals surface area (Å²) in [5.41, 5.74) is 17.6. The Bertz CT molecular complexity index is 1050. The highest BCUT2D eigenvalue weighted by Crippen LogP contribution is 2.30. The maximum atomic E-state index is 11.1. The van der Waals surface area contributed by atoms with Gasteiger partial charge in [-0.1, -0.05) is 22.4 Å². The Balaban J connectivity index is 2.60. The van der Waals surface area contributed by atoms with E-state index in [4.69, 9.17) is 11.1 Å². The Morgan fingerprint density at radius 3 is 1.54 bits per heavy atom. The van der Waals surface area contributed by atoms with Crippen LogP contribution in [0.25, 0.3) is 20.9 Å². The van der Waals surface area contributed by atoms with Gasteiger partial charge in [0.2, 0.25) is 20.6 Å². The van der Waals surface area contributed by atoms with Crippen LogP contribution < -0.4 is 0 Å². The minimum Gasteiger partial charge on any atom is -0.384 e. The van der Waals surface area contributed by atoms with Gasteiger partial charge in [-0.25, -0.2) is 0 Å². The van der Waals surface area contributed by atoms with Crippen LogP contribution in [0, 0.1) is 0 Å². The van der Waals surface area contributed by atoms with E-state index in [-0.39, 0.29) is 45.1 Å². The molecule has 2 aliphatic carbocycles. The lowest BCUT2D eigenvalue weighted by molar-refractivity contribution is 0.251. The summed E-state index contributed by atoms with van der Waals surface area (Å²) >= 11 is 0. The number of rotatable bonds is 4. The van der Waals surface area contributed by atoms with Crippen LogP contribution in [0.2, 0.25) is 0 Å². The van der Waals surface area contributed by atoms with Gasteiger partial charge in [-0.15, -0.1) is 0 Å². The highest BCUT2D eigenvalue weighted by atomic mass is 32.2. The highest BCUT2D eigenvalue weighted by Gasteiger charge is 2.25. The highest BCUT2D eigenvalue weighted by molar-refractivity contribution is 7.73. The molecule has 1 N–H and O–H groups in total. The first-order valence-electron chi connectivity index (χ1n) is 6.89. The fraction of sp³-hybridized carbons (Fsp3) is 0.231. The molecule has 0 aromatic carbocycles. The van der Waals surface area contributed by atoms with Crippen LogP contribution in [0.5, 0.6) is 0 Å². The van der Waals surface area contributed by atoms with E-state index in [9.17, 15) is 21.9 Å². The van der Waals surface area contributed by atoms with Crippen molar-refractivity contribution in [3.63, 3.8) is 0 Å². The average Bonchev–Trinajstić information content (AvgIpc) is 2.61. The Morgan fingerprint density at radius 2 is 1.23 bits per heavy atom. The van der Waals surface area contributed by atoms with Gasteiger partial charge in [-0.2, -0.15) is 16.8 Å². The molecule has 0 radical (unpaired) electrons. The maximum Gasteiger partial charge on any atom is 0.217 e. The van der Waals surface area contributed by atoms with E-state index < -0.39 is 26.7 Å². The summed E-state index contributed by atoms with van der Waals surface area (Å²) in [4.78, 5) is 5.21. The number of allylic oxidation sites excluding steroid dienone is 4. The third-order valence-electron chi connectivity index (χ3n) is 3.60. The zero-order valence-electron chi connectivity index (χ0n) is 12.9. The fourth-order valence-corrected chi connectivity index (χ4v) is 3.27. The molecule has 11 nitrogen and oxygen atoms in total. The second kappa shape index (κ2) is 8.34.